The van der Waals surface area contributed by atoms with E-state index in [1.807, 2.05) is 24.3 Å². The van der Waals surface area contributed by atoms with Crippen molar-refractivity contribution in [1.82, 2.24) is 15.0 Å². The molecule has 0 aliphatic heterocycles. The Kier molecular flexibility index (Phi) is 4.11. The van der Waals surface area contributed by atoms with Crippen molar-refractivity contribution >= 4 is 5.91 Å². The van der Waals surface area contributed by atoms with Crippen LogP contribution in [0.5, 0.6) is 0 Å². The molecule has 1 aliphatic rings. The standard InChI is InChI=1S/C20H21N3O3/c1-12-10-17(12)18-9-8-16(25-18)11-23(3)20(24)15-6-4-14(5-7-15)19-21-13(2)22-26-19/h4-9,12,17H,10-11H2,1-3H3. The summed E-state index contributed by atoms with van der Waals surface area (Å²) in [5.41, 5.74) is 1.40. The number of carbonyl (C=O) groups is 1. The average molecular weight is 351 g/mol. The summed E-state index contributed by atoms with van der Waals surface area (Å²) in [6.07, 6.45) is 1.19. The number of hydrogen-bond donors (Lipinski definition) is 0. The molecule has 6 nitrogen and oxygen atoms in total. The van der Waals surface area contributed by atoms with Gasteiger partial charge in [0.15, 0.2) is 5.82 Å². The van der Waals surface area contributed by atoms with E-state index in [2.05, 4.69) is 17.1 Å². The van der Waals surface area contributed by atoms with Gasteiger partial charge >= 0.3 is 0 Å². The van der Waals surface area contributed by atoms with Crippen LogP contribution in [0.25, 0.3) is 11.5 Å². The second-order valence-corrected chi connectivity index (χ2v) is 7.01. The van der Waals surface area contributed by atoms with Gasteiger partial charge in [0.1, 0.15) is 11.5 Å². The van der Waals surface area contributed by atoms with Gasteiger partial charge < -0.3 is 13.8 Å². The van der Waals surface area contributed by atoms with Gasteiger partial charge in [-0.15, -0.1) is 0 Å². The lowest BCUT2D eigenvalue weighted by Gasteiger charge is -2.16. The first kappa shape index (κ1) is 16.6. The minimum atomic E-state index is -0.0593. The number of carbonyl (C=O) groups excluding carboxylic acids is 1. The van der Waals surface area contributed by atoms with Gasteiger partial charge in [0.2, 0.25) is 0 Å². The van der Waals surface area contributed by atoms with Gasteiger partial charge in [0.05, 0.1) is 6.54 Å². The molecule has 4 rings (SSSR count). The largest absolute Gasteiger partial charge is 0.464 e. The first-order valence-corrected chi connectivity index (χ1v) is 8.76. The molecule has 2 heterocycles. The molecular formula is C20H21N3O3. The fraction of sp³-hybridized carbons (Fsp3) is 0.350. The molecule has 0 saturated heterocycles. The van der Waals surface area contributed by atoms with Gasteiger partial charge in [0, 0.05) is 24.1 Å². The molecule has 26 heavy (non-hydrogen) atoms. The molecule has 2 unspecified atom stereocenters. The second kappa shape index (κ2) is 6.44. The van der Waals surface area contributed by atoms with Crippen molar-refractivity contribution in [3.63, 3.8) is 0 Å². The predicted molar refractivity (Wildman–Crippen MR) is 95.5 cm³/mol. The smallest absolute Gasteiger partial charge is 0.257 e. The first-order valence-electron chi connectivity index (χ1n) is 8.76. The third-order valence-electron chi connectivity index (χ3n) is 4.80. The van der Waals surface area contributed by atoms with E-state index in [1.165, 1.54) is 6.42 Å². The van der Waals surface area contributed by atoms with Gasteiger partial charge in [-0.2, -0.15) is 4.98 Å². The highest BCUT2D eigenvalue weighted by atomic mass is 16.5. The lowest BCUT2D eigenvalue weighted by molar-refractivity contribution is 0.0775. The Morgan fingerprint density at radius 1 is 1.23 bits per heavy atom. The van der Waals surface area contributed by atoms with E-state index in [9.17, 15) is 4.79 Å². The molecular weight excluding hydrogens is 330 g/mol. The molecule has 0 N–H and O–H groups in total. The van der Waals surface area contributed by atoms with Crippen LogP contribution in [0.4, 0.5) is 0 Å². The number of amides is 1. The van der Waals surface area contributed by atoms with E-state index < -0.39 is 0 Å². The van der Waals surface area contributed by atoms with Crippen LogP contribution in [0, 0.1) is 12.8 Å². The van der Waals surface area contributed by atoms with Crippen molar-refractivity contribution < 1.29 is 13.7 Å². The molecule has 134 valence electrons. The number of hydrogen-bond acceptors (Lipinski definition) is 5. The van der Waals surface area contributed by atoms with Crippen LogP contribution in [0.3, 0.4) is 0 Å². The van der Waals surface area contributed by atoms with Crippen LogP contribution in [0.2, 0.25) is 0 Å². The van der Waals surface area contributed by atoms with Crippen LogP contribution in [-0.2, 0) is 6.54 Å². The summed E-state index contributed by atoms with van der Waals surface area (Å²) in [7, 11) is 1.78. The van der Waals surface area contributed by atoms with Crippen molar-refractivity contribution in [2.75, 3.05) is 7.05 Å². The fourth-order valence-corrected chi connectivity index (χ4v) is 3.09. The Morgan fingerprint density at radius 3 is 2.58 bits per heavy atom. The monoisotopic (exact) mass is 351 g/mol. The highest BCUT2D eigenvalue weighted by Gasteiger charge is 2.36. The molecule has 2 aromatic heterocycles. The highest BCUT2D eigenvalue weighted by Crippen LogP contribution is 2.47. The molecule has 1 amide bonds. The maximum Gasteiger partial charge on any atom is 0.257 e. The Labute approximate surface area is 151 Å². The fourth-order valence-electron chi connectivity index (χ4n) is 3.09. The number of aromatic nitrogens is 2. The maximum absolute atomic E-state index is 12.6. The van der Waals surface area contributed by atoms with Crippen molar-refractivity contribution in [1.29, 1.82) is 0 Å². The minimum Gasteiger partial charge on any atom is -0.464 e. The summed E-state index contributed by atoms with van der Waals surface area (Å²) in [6.45, 7) is 4.44. The van der Waals surface area contributed by atoms with E-state index in [-0.39, 0.29) is 5.91 Å². The summed E-state index contributed by atoms with van der Waals surface area (Å²) in [4.78, 5) is 18.5. The second-order valence-electron chi connectivity index (χ2n) is 7.01. The first-order chi connectivity index (χ1) is 12.5. The molecule has 0 bridgehead atoms. The number of rotatable bonds is 5. The number of benzene rings is 1. The molecule has 3 aromatic rings. The van der Waals surface area contributed by atoms with Gasteiger partial charge in [-0.1, -0.05) is 12.1 Å². The molecule has 1 aromatic carbocycles. The molecule has 1 fully saturated rings. The average Bonchev–Trinajstić information content (AvgIpc) is 3.00. The van der Waals surface area contributed by atoms with Crippen molar-refractivity contribution in [2.45, 2.75) is 32.7 Å². The Balaban J connectivity index is 1.42. The van der Waals surface area contributed by atoms with Crippen molar-refractivity contribution in [2.24, 2.45) is 5.92 Å². The summed E-state index contributed by atoms with van der Waals surface area (Å²) >= 11 is 0. The van der Waals surface area contributed by atoms with Crippen LogP contribution < -0.4 is 0 Å². The zero-order chi connectivity index (χ0) is 18.3. The molecule has 1 saturated carbocycles. The third-order valence-corrected chi connectivity index (χ3v) is 4.80. The van der Waals surface area contributed by atoms with Gasteiger partial charge in [-0.25, -0.2) is 0 Å². The van der Waals surface area contributed by atoms with Gasteiger partial charge in [0.25, 0.3) is 11.8 Å². The van der Waals surface area contributed by atoms with Gasteiger partial charge in [-0.3, -0.25) is 4.79 Å². The van der Waals surface area contributed by atoms with E-state index in [0.29, 0.717) is 35.7 Å². The SMILES string of the molecule is Cc1noc(-c2ccc(C(=O)N(C)Cc3ccc(C4CC4C)o3)cc2)n1. The van der Waals surface area contributed by atoms with Crippen LogP contribution in [0.15, 0.2) is 45.3 Å². The van der Waals surface area contributed by atoms with E-state index in [4.69, 9.17) is 8.94 Å². The molecule has 2 atom stereocenters. The van der Waals surface area contributed by atoms with Crippen LogP contribution in [0.1, 0.15) is 47.0 Å². The van der Waals surface area contributed by atoms with E-state index >= 15 is 0 Å². The van der Waals surface area contributed by atoms with E-state index in [1.54, 1.807) is 31.0 Å². The summed E-state index contributed by atoms with van der Waals surface area (Å²) in [6, 6.07) is 11.2. The number of nitrogens with zero attached hydrogens (tertiary/aromatic N) is 3. The molecule has 1 aliphatic carbocycles. The lowest BCUT2D eigenvalue weighted by Crippen LogP contribution is -2.25. The third kappa shape index (κ3) is 3.27. The van der Waals surface area contributed by atoms with Crippen molar-refractivity contribution in [3.05, 3.63) is 59.3 Å². The summed E-state index contributed by atoms with van der Waals surface area (Å²) in [5.74, 6) is 4.07. The van der Waals surface area contributed by atoms with E-state index in [0.717, 1.165) is 17.1 Å². The quantitative estimate of drug-likeness (QED) is 0.694. The molecule has 0 spiro atoms. The zero-order valence-electron chi connectivity index (χ0n) is 15.1. The zero-order valence-corrected chi connectivity index (χ0v) is 15.1. The van der Waals surface area contributed by atoms with Crippen molar-refractivity contribution in [3.8, 4) is 11.5 Å². The van der Waals surface area contributed by atoms with Crippen LogP contribution in [-0.4, -0.2) is 28.0 Å². The normalized spacial score (nSPS) is 18.7. The highest BCUT2D eigenvalue weighted by molar-refractivity contribution is 5.94. The summed E-state index contributed by atoms with van der Waals surface area (Å²) in [5, 5.41) is 3.78. The van der Waals surface area contributed by atoms with Gasteiger partial charge in [-0.05, 0) is 55.7 Å². The minimum absolute atomic E-state index is 0.0593. The number of furan rings is 1. The Hall–Kier alpha value is -2.89. The lowest BCUT2D eigenvalue weighted by atomic mass is 10.1. The summed E-state index contributed by atoms with van der Waals surface area (Å²) < 4.78 is 11.0. The topological polar surface area (TPSA) is 72.4 Å². The Bertz CT molecular complexity index is 926. The Morgan fingerprint density at radius 2 is 1.96 bits per heavy atom. The maximum atomic E-state index is 12.6. The molecule has 0 radical (unpaired) electrons. The van der Waals surface area contributed by atoms with Crippen LogP contribution >= 0.6 is 0 Å². The predicted octanol–water partition coefficient (Wildman–Crippen LogP) is 4.03. The molecule has 6 heteroatoms. The number of aryl methyl sites for hydroxylation is 1.